The van der Waals surface area contributed by atoms with Crippen LogP contribution in [0, 0.1) is 17.8 Å². The number of nitrogens with two attached hydrogens (primary N) is 1. The van der Waals surface area contributed by atoms with Gasteiger partial charge in [-0.3, -0.25) is 4.79 Å². The fourth-order valence-electron chi connectivity index (χ4n) is 3.03. The Morgan fingerprint density at radius 2 is 2.18 bits per heavy atom. The number of carbonyl (C=O) groups is 1. The van der Waals surface area contributed by atoms with Crippen LogP contribution in [0.4, 0.5) is 0 Å². The first-order valence-corrected chi connectivity index (χ1v) is 7.59. The van der Waals surface area contributed by atoms with Gasteiger partial charge in [0.25, 0.3) is 0 Å². The van der Waals surface area contributed by atoms with E-state index in [1.165, 1.54) is 0 Å². The van der Waals surface area contributed by atoms with Crippen LogP contribution >= 0.6 is 24.8 Å². The van der Waals surface area contributed by atoms with E-state index in [0.717, 1.165) is 31.6 Å². The Kier molecular flexibility index (Phi) is 9.72. The lowest BCUT2D eigenvalue weighted by Crippen LogP contribution is -2.35. The van der Waals surface area contributed by atoms with E-state index in [1.54, 1.807) is 6.20 Å². The molecular weight excluding hydrogens is 323 g/mol. The maximum atomic E-state index is 12.2. The molecule has 0 bridgehead atoms. The minimum absolute atomic E-state index is 0. The first-order valence-electron chi connectivity index (χ1n) is 7.59. The summed E-state index contributed by atoms with van der Waals surface area (Å²) in [6.07, 6.45) is 6.93. The standard InChI is InChI=1S/C15H26N4O.2ClH/c1-11(2)10-19-7-6-17-14(19)9-18-15(20)13-5-3-4-12(13)8-16;;/h6-7,11-13H,3-5,8-10,16H2,1-2H3,(H,18,20);2*1H/t12-,13-;;/m1../s1. The molecule has 7 heteroatoms. The number of imidazole rings is 1. The van der Waals surface area contributed by atoms with Crippen LogP contribution in [0.1, 0.15) is 38.9 Å². The van der Waals surface area contributed by atoms with Gasteiger partial charge in [0.15, 0.2) is 0 Å². The molecule has 0 spiro atoms. The highest BCUT2D eigenvalue weighted by Crippen LogP contribution is 2.30. The molecule has 3 N–H and O–H groups in total. The van der Waals surface area contributed by atoms with Gasteiger partial charge in [-0.15, -0.1) is 24.8 Å². The van der Waals surface area contributed by atoms with E-state index in [0.29, 0.717) is 24.9 Å². The van der Waals surface area contributed by atoms with Gasteiger partial charge in [0.1, 0.15) is 5.82 Å². The lowest BCUT2D eigenvalue weighted by atomic mass is 9.95. The van der Waals surface area contributed by atoms with Crippen molar-refractivity contribution in [3.63, 3.8) is 0 Å². The molecule has 128 valence electrons. The zero-order valence-corrected chi connectivity index (χ0v) is 15.0. The van der Waals surface area contributed by atoms with Crippen molar-refractivity contribution >= 4 is 30.7 Å². The van der Waals surface area contributed by atoms with E-state index in [2.05, 4.69) is 28.7 Å². The maximum Gasteiger partial charge on any atom is 0.223 e. The van der Waals surface area contributed by atoms with Gasteiger partial charge in [-0.05, 0) is 31.2 Å². The van der Waals surface area contributed by atoms with Gasteiger partial charge in [0.2, 0.25) is 5.91 Å². The van der Waals surface area contributed by atoms with Gasteiger partial charge in [-0.25, -0.2) is 4.98 Å². The van der Waals surface area contributed by atoms with E-state index >= 15 is 0 Å². The van der Waals surface area contributed by atoms with Crippen molar-refractivity contribution in [2.24, 2.45) is 23.5 Å². The monoisotopic (exact) mass is 350 g/mol. The molecule has 1 aromatic rings. The van der Waals surface area contributed by atoms with Gasteiger partial charge in [0.05, 0.1) is 6.54 Å². The molecule has 1 amide bonds. The average molecular weight is 351 g/mol. The van der Waals surface area contributed by atoms with E-state index < -0.39 is 0 Å². The van der Waals surface area contributed by atoms with Gasteiger partial charge < -0.3 is 15.6 Å². The van der Waals surface area contributed by atoms with Crippen LogP contribution in [0.2, 0.25) is 0 Å². The van der Waals surface area contributed by atoms with E-state index in [-0.39, 0.29) is 36.6 Å². The van der Waals surface area contributed by atoms with E-state index in [9.17, 15) is 4.79 Å². The molecular formula is C15H28Cl2N4O. The average Bonchev–Trinajstić information content (AvgIpc) is 3.03. The van der Waals surface area contributed by atoms with Gasteiger partial charge in [-0.2, -0.15) is 0 Å². The van der Waals surface area contributed by atoms with Crippen molar-refractivity contribution in [2.45, 2.75) is 46.2 Å². The molecule has 5 nitrogen and oxygen atoms in total. The van der Waals surface area contributed by atoms with Gasteiger partial charge in [-0.1, -0.05) is 20.3 Å². The van der Waals surface area contributed by atoms with Crippen LogP contribution in [0.25, 0.3) is 0 Å². The summed E-state index contributed by atoms with van der Waals surface area (Å²) in [5.41, 5.74) is 5.74. The highest BCUT2D eigenvalue weighted by molar-refractivity contribution is 5.85. The SMILES string of the molecule is CC(C)Cn1ccnc1CNC(=O)[C@@H]1CCC[C@@H]1CN.Cl.Cl. The molecule has 0 radical (unpaired) electrons. The Bertz CT molecular complexity index is 451. The first kappa shape index (κ1) is 21.2. The molecule has 1 aliphatic carbocycles. The van der Waals surface area contributed by atoms with Crippen molar-refractivity contribution < 1.29 is 4.79 Å². The Hall–Kier alpha value is -0.780. The fraction of sp³-hybridized carbons (Fsp3) is 0.733. The highest BCUT2D eigenvalue weighted by atomic mass is 35.5. The smallest absolute Gasteiger partial charge is 0.223 e. The molecule has 0 saturated heterocycles. The Labute approximate surface area is 145 Å². The summed E-state index contributed by atoms with van der Waals surface area (Å²) in [6, 6.07) is 0. The number of carbonyl (C=O) groups excluding carboxylic acids is 1. The number of nitrogens with zero attached hydrogens (tertiary/aromatic N) is 2. The molecule has 1 aromatic heterocycles. The third-order valence-electron chi connectivity index (χ3n) is 4.08. The number of nitrogens with one attached hydrogen (secondary N) is 1. The van der Waals surface area contributed by atoms with Crippen LogP contribution in [-0.4, -0.2) is 22.0 Å². The predicted molar refractivity (Wildman–Crippen MR) is 93.3 cm³/mol. The van der Waals surface area contributed by atoms with Crippen LogP contribution in [0.15, 0.2) is 12.4 Å². The number of amides is 1. The molecule has 0 aliphatic heterocycles. The lowest BCUT2D eigenvalue weighted by Gasteiger charge is -2.17. The number of halogens is 2. The molecule has 1 heterocycles. The number of hydrogen-bond donors (Lipinski definition) is 2. The zero-order chi connectivity index (χ0) is 14.5. The van der Waals surface area contributed by atoms with Crippen LogP contribution in [-0.2, 0) is 17.9 Å². The molecule has 2 atom stereocenters. The predicted octanol–water partition coefficient (Wildman–Crippen LogP) is 2.37. The Morgan fingerprint density at radius 3 is 2.82 bits per heavy atom. The van der Waals surface area contributed by atoms with Crippen molar-refractivity contribution in [1.82, 2.24) is 14.9 Å². The molecule has 1 aliphatic rings. The second-order valence-corrected chi connectivity index (χ2v) is 6.14. The highest BCUT2D eigenvalue weighted by Gasteiger charge is 2.31. The summed E-state index contributed by atoms with van der Waals surface area (Å²) in [7, 11) is 0. The molecule has 1 saturated carbocycles. The molecule has 2 rings (SSSR count). The number of aromatic nitrogens is 2. The summed E-state index contributed by atoms with van der Waals surface area (Å²) in [5.74, 6) is 2.07. The van der Waals surface area contributed by atoms with Crippen molar-refractivity contribution in [3.05, 3.63) is 18.2 Å². The Morgan fingerprint density at radius 1 is 1.45 bits per heavy atom. The third kappa shape index (κ3) is 5.45. The van der Waals surface area contributed by atoms with Crippen LogP contribution in [0.5, 0.6) is 0 Å². The summed E-state index contributed by atoms with van der Waals surface area (Å²) in [5, 5.41) is 3.03. The van der Waals surface area contributed by atoms with Gasteiger partial charge >= 0.3 is 0 Å². The molecule has 1 fully saturated rings. The summed E-state index contributed by atoms with van der Waals surface area (Å²) in [6.45, 7) is 6.39. The fourth-order valence-corrected chi connectivity index (χ4v) is 3.03. The number of rotatable bonds is 6. The lowest BCUT2D eigenvalue weighted by molar-refractivity contribution is -0.126. The first-order chi connectivity index (χ1) is 9.61. The topological polar surface area (TPSA) is 72.9 Å². The summed E-state index contributed by atoms with van der Waals surface area (Å²) >= 11 is 0. The normalized spacial score (nSPS) is 20.4. The van der Waals surface area contributed by atoms with Crippen LogP contribution in [0.3, 0.4) is 0 Å². The maximum absolute atomic E-state index is 12.2. The summed E-state index contributed by atoms with van der Waals surface area (Å²) in [4.78, 5) is 16.6. The van der Waals surface area contributed by atoms with E-state index in [4.69, 9.17) is 5.73 Å². The zero-order valence-electron chi connectivity index (χ0n) is 13.3. The van der Waals surface area contributed by atoms with Crippen LogP contribution < -0.4 is 11.1 Å². The van der Waals surface area contributed by atoms with E-state index in [1.807, 2.05) is 6.20 Å². The second-order valence-electron chi connectivity index (χ2n) is 6.14. The Balaban J connectivity index is 0.00000220. The minimum atomic E-state index is 0. The second kappa shape index (κ2) is 10.1. The third-order valence-corrected chi connectivity index (χ3v) is 4.08. The van der Waals surface area contributed by atoms with Gasteiger partial charge in [0, 0.05) is 24.9 Å². The molecule has 0 unspecified atom stereocenters. The molecule has 22 heavy (non-hydrogen) atoms. The van der Waals surface area contributed by atoms with Crippen molar-refractivity contribution in [1.29, 1.82) is 0 Å². The minimum Gasteiger partial charge on any atom is -0.349 e. The molecule has 0 aromatic carbocycles. The number of hydrogen-bond acceptors (Lipinski definition) is 3. The quantitative estimate of drug-likeness (QED) is 0.826. The van der Waals surface area contributed by atoms with Crippen molar-refractivity contribution in [3.8, 4) is 0 Å². The van der Waals surface area contributed by atoms with Crippen molar-refractivity contribution in [2.75, 3.05) is 6.54 Å². The summed E-state index contributed by atoms with van der Waals surface area (Å²) < 4.78 is 2.11. The largest absolute Gasteiger partial charge is 0.349 e.